The standard InChI is InChI=1S/C22H21Br2N3O5/c1-13(4-2-3-5-19(28)27-31)21(17-10-15(23)11-18(24)20(17)29)32-22(30)26-16-8-6-14(12-25)7-9-16/h3,5-11,13,21,29,31H,2,4H2,1H3,(H,26,30)(H,27,28)/b5-3+/t13-,21-/m1/s1. The zero-order valence-electron chi connectivity index (χ0n) is 17.0. The van der Waals surface area contributed by atoms with E-state index in [9.17, 15) is 14.7 Å². The van der Waals surface area contributed by atoms with E-state index < -0.39 is 18.1 Å². The van der Waals surface area contributed by atoms with Crippen molar-refractivity contribution < 1.29 is 24.6 Å². The van der Waals surface area contributed by atoms with Crippen LogP contribution < -0.4 is 10.8 Å². The van der Waals surface area contributed by atoms with Gasteiger partial charge in [-0.3, -0.25) is 15.3 Å². The number of carbonyl (C=O) groups is 2. The molecule has 0 aliphatic heterocycles. The Labute approximate surface area is 202 Å². The van der Waals surface area contributed by atoms with E-state index in [2.05, 4.69) is 37.2 Å². The highest BCUT2D eigenvalue weighted by atomic mass is 79.9. The van der Waals surface area contributed by atoms with Crippen LogP contribution in [0, 0.1) is 17.2 Å². The van der Waals surface area contributed by atoms with Gasteiger partial charge in [0.25, 0.3) is 5.91 Å². The van der Waals surface area contributed by atoms with Crippen molar-refractivity contribution in [2.75, 3.05) is 5.32 Å². The lowest BCUT2D eigenvalue weighted by molar-refractivity contribution is -0.124. The van der Waals surface area contributed by atoms with Crippen molar-refractivity contribution in [3.8, 4) is 11.8 Å². The Bertz CT molecular complexity index is 1040. The van der Waals surface area contributed by atoms with Crippen molar-refractivity contribution in [3.63, 3.8) is 0 Å². The van der Waals surface area contributed by atoms with Gasteiger partial charge in [0.1, 0.15) is 11.9 Å². The van der Waals surface area contributed by atoms with Crippen LogP contribution in [0.5, 0.6) is 5.75 Å². The van der Waals surface area contributed by atoms with Crippen LogP contribution in [-0.4, -0.2) is 22.3 Å². The third kappa shape index (κ3) is 7.37. The summed E-state index contributed by atoms with van der Waals surface area (Å²) in [6, 6.07) is 11.7. The summed E-state index contributed by atoms with van der Waals surface area (Å²) in [5.74, 6) is -0.928. The monoisotopic (exact) mass is 565 g/mol. The topological polar surface area (TPSA) is 132 Å². The second-order valence-corrected chi connectivity index (χ2v) is 8.67. The molecule has 0 spiro atoms. The number of hydrogen-bond acceptors (Lipinski definition) is 6. The Hall–Kier alpha value is -2.87. The molecule has 0 fully saturated rings. The smallest absolute Gasteiger partial charge is 0.412 e. The molecule has 168 valence electrons. The van der Waals surface area contributed by atoms with Crippen molar-refractivity contribution >= 4 is 49.5 Å². The number of amides is 2. The largest absolute Gasteiger partial charge is 0.506 e. The fourth-order valence-electron chi connectivity index (χ4n) is 2.92. The molecule has 0 aliphatic carbocycles. The average molecular weight is 567 g/mol. The van der Waals surface area contributed by atoms with Crippen LogP contribution in [0.15, 0.2) is 57.5 Å². The molecule has 2 amide bonds. The summed E-state index contributed by atoms with van der Waals surface area (Å²) in [5, 5.41) is 30.6. The van der Waals surface area contributed by atoms with Crippen LogP contribution in [0.4, 0.5) is 10.5 Å². The van der Waals surface area contributed by atoms with E-state index in [0.717, 1.165) is 0 Å². The molecule has 0 aromatic heterocycles. The summed E-state index contributed by atoms with van der Waals surface area (Å²) in [6.07, 6.45) is 2.26. The molecule has 0 saturated heterocycles. The van der Waals surface area contributed by atoms with E-state index in [1.54, 1.807) is 42.5 Å². The maximum Gasteiger partial charge on any atom is 0.412 e. The third-order valence-corrected chi connectivity index (χ3v) is 5.61. The summed E-state index contributed by atoms with van der Waals surface area (Å²) in [4.78, 5) is 23.7. The Morgan fingerprint density at radius 1 is 1.25 bits per heavy atom. The van der Waals surface area contributed by atoms with Crippen LogP contribution in [0.2, 0.25) is 0 Å². The lowest BCUT2D eigenvalue weighted by Gasteiger charge is -2.26. The normalized spacial score (nSPS) is 12.6. The number of phenols is 1. The molecule has 10 heteroatoms. The van der Waals surface area contributed by atoms with Crippen molar-refractivity contribution in [1.29, 1.82) is 5.26 Å². The van der Waals surface area contributed by atoms with Crippen molar-refractivity contribution in [2.24, 2.45) is 5.92 Å². The summed E-state index contributed by atoms with van der Waals surface area (Å²) < 4.78 is 6.81. The van der Waals surface area contributed by atoms with Crippen LogP contribution >= 0.6 is 31.9 Å². The molecule has 8 nitrogen and oxygen atoms in total. The fraction of sp³-hybridized carbons (Fsp3) is 0.227. The lowest BCUT2D eigenvalue weighted by atomic mass is 9.92. The molecular formula is C22H21Br2N3O5. The summed E-state index contributed by atoms with van der Waals surface area (Å²) in [5.41, 5.74) is 2.84. The first-order chi connectivity index (χ1) is 15.2. The van der Waals surface area contributed by atoms with E-state index in [1.165, 1.54) is 11.6 Å². The van der Waals surface area contributed by atoms with Crippen LogP contribution in [0.1, 0.15) is 37.0 Å². The number of anilines is 1. The molecule has 4 N–H and O–H groups in total. The number of aromatic hydroxyl groups is 1. The minimum Gasteiger partial charge on any atom is -0.506 e. The minimum atomic E-state index is -0.803. The molecule has 2 aromatic carbocycles. The molecule has 0 unspecified atom stereocenters. The quantitative estimate of drug-likeness (QED) is 0.188. The third-order valence-electron chi connectivity index (χ3n) is 4.54. The Morgan fingerprint density at radius 2 is 1.94 bits per heavy atom. The molecule has 0 heterocycles. The number of hydroxylamine groups is 1. The van der Waals surface area contributed by atoms with E-state index >= 15 is 0 Å². The van der Waals surface area contributed by atoms with Crippen molar-refractivity contribution in [1.82, 2.24) is 5.48 Å². The first-order valence-electron chi connectivity index (χ1n) is 9.51. The molecule has 32 heavy (non-hydrogen) atoms. The van der Waals surface area contributed by atoms with E-state index in [-0.39, 0.29) is 11.7 Å². The lowest BCUT2D eigenvalue weighted by Crippen LogP contribution is -2.22. The van der Waals surface area contributed by atoms with Gasteiger partial charge in [-0.15, -0.1) is 0 Å². The number of ether oxygens (including phenoxy) is 1. The predicted octanol–water partition coefficient (Wildman–Crippen LogP) is 5.56. The highest BCUT2D eigenvalue weighted by Gasteiger charge is 2.27. The highest BCUT2D eigenvalue weighted by Crippen LogP contribution is 2.40. The molecule has 2 atom stereocenters. The SMILES string of the molecule is C[C@H](CC/C=C/C(=O)NO)[C@@H](OC(=O)Nc1ccc(C#N)cc1)c1cc(Br)cc(Br)c1O. The first-order valence-corrected chi connectivity index (χ1v) is 11.1. The van der Waals surface area contributed by atoms with Crippen molar-refractivity contribution in [2.45, 2.75) is 25.9 Å². The summed E-state index contributed by atoms with van der Waals surface area (Å²) in [7, 11) is 0. The fourth-order valence-corrected chi connectivity index (χ4v) is 4.18. The van der Waals surface area contributed by atoms with Gasteiger partial charge in [0, 0.05) is 21.8 Å². The predicted molar refractivity (Wildman–Crippen MR) is 125 cm³/mol. The number of nitrogens with zero attached hydrogens (tertiary/aromatic N) is 1. The van der Waals surface area contributed by atoms with Gasteiger partial charge in [-0.05, 0) is 71.1 Å². The van der Waals surface area contributed by atoms with Gasteiger partial charge < -0.3 is 9.84 Å². The first kappa shape index (κ1) is 25.4. The van der Waals surface area contributed by atoms with E-state index in [1.807, 2.05) is 13.0 Å². The molecule has 0 radical (unpaired) electrons. The van der Waals surface area contributed by atoms with Gasteiger partial charge >= 0.3 is 6.09 Å². The molecule has 0 bridgehead atoms. The van der Waals surface area contributed by atoms with Crippen LogP contribution in [-0.2, 0) is 9.53 Å². The Kier molecular flexibility index (Phi) is 9.71. The molecule has 0 aliphatic rings. The number of nitriles is 1. The number of benzene rings is 2. The minimum absolute atomic E-state index is 0.0496. The van der Waals surface area contributed by atoms with E-state index in [4.69, 9.17) is 15.2 Å². The van der Waals surface area contributed by atoms with E-state index in [0.29, 0.717) is 38.6 Å². The van der Waals surface area contributed by atoms with Gasteiger partial charge in [-0.25, -0.2) is 10.3 Å². The van der Waals surface area contributed by atoms with Gasteiger partial charge in [-0.1, -0.05) is 28.9 Å². The second kappa shape index (κ2) is 12.2. The van der Waals surface area contributed by atoms with Gasteiger partial charge in [-0.2, -0.15) is 5.26 Å². The van der Waals surface area contributed by atoms with Gasteiger partial charge in [0.15, 0.2) is 0 Å². The summed E-state index contributed by atoms with van der Waals surface area (Å²) in [6.45, 7) is 1.86. The highest BCUT2D eigenvalue weighted by molar-refractivity contribution is 9.11. The maximum absolute atomic E-state index is 12.6. The maximum atomic E-state index is 12.6. The molecular weight excluding hydrogens is 546 g/mol. The number of phenolic OH excluding ortho intramolecular Hbond substituents is 1. The van der Waals surface area contributed by atoms with Gasteiger partial charge in [0.05, 0.1) is 16.1 Å². The molecule has 2 rings (SSSR count). The number of hydrogen-bond donors (Lipinski definition) is 4. The number of allylic oxidation sites excluding steroid dienone is 1. The average Bonchev–Trinajstić information content (AvgIpc) is 2.77. The number of halogens is 2. The Morgan fingerprint density at radius 3 is 2.56 bits per heavy atom. The molecule has 0 saturated carbocycles. The summed E-state index contributed by atoms with van der Waals surface area (Å²) >= 11 is 6.68. The zero-order chi connectivity index (χ0) is 23.7. The van der Waals surface area contributed by atoms with Crippen LogP contribution in [0.3, 0.4) is 0 Å². The number of rotatable bonds is 8. The Balaban J connectivity index is 2.21. The van der Waals surface area contributed by atoms with Crippen molar-refractivity contribution in [3.05, 3.63) is 68.6 Å². The van der Waals surface area contributed by atoms with Crippen LogP contribution in [0.25, 0.3) is 0 Å². The molecule has 2 aromatic rings. The van der Waals surface area contributed by atoms with Gasteiger partial charge in [0.2, 0.25) is 0 Å². The zero-order valence-corrected chi connectivity index (χ0v) is 20.2. The number of carbonyl (C=O) groups excluding carboxylic acids is 2. The second-order valence-electron chi connectivity index (χ2n) is 6.90. The number of nitrogens with one attached hydrogen (secondary N) is 2.